The van der Waals surface area contributed by atoms with E-state index in [-0.39, 0.29) is 12.1 Å². The number of carbonyl (C=O) groups is 1. The Morgan fingerprint density at radius 3 is 2.17 bits per heavy atom. The zero-order chi connectivity index (χ0) is 21.2. The normalized spacial score (nSPS) is 26.8. The van der Waals surface area contributed by atoms with Crippen molar-refractivity contribution in [2.45, 2.75) is 82.8 Å². The molecule has 1 aliphatic heterocycles. The number of carbonyl (C=O) groups excluding carboxylic acids is 1. The lowest BCUT2D eigenvalue weighted by Gasteiger charge is -2.32. The number of hydrogen-bond donors (Lipinski definition) is 4. The van der Waals surface area contributed by atoms with Crippen LogP contribution in [0.2, 0.25) is 0 Å². The maximum atomic E-state index is 11.7. The smallest absolute Gasteiger partial charge is 0.399 e. The molecule has 3 rings (SSSR count). The second kappa shape index (κ2) is 8.55. The van der Waals surface area contributed by atoms with Gasteiger partial charge in [0.2, 0.25) is 5.95 Å². The Morgan fingerprint density at radius 2 is 1.66 bits per heavy atom. The van der Waals surface area contributed by atoms with Gasteiger partial charge in [0.1, 0.15) is 0 Å². The minimum atomic E-state index is -1.36. The number of aliphatic hydroxyl groups is 2. The molecule has 29 heavy (non-hydrogen) atoms. The molecule has 9 nitrogen and oxygen atoms in total. The summed E-state index contributed by atoms with van der Waals surface area (Å²) in [5, 5.41) is 24.3. The van der Waals surface area contributed by atoms with Crippen LogP contribution >= 0.6 is 0 Å². The largest absolute Gasteiger partial charge is 0.498 e. The molecule has 2 heterocycles. The van der Waals surface area contributed by atoms with Crippen molar-refractivity contribution in [3.05, 3.63) is 12.4 Å². The van der Waals surface area contributed by atoms with Crippen LogP contribution in [0.4, 0.5) is 5.95 Å². The average molecular weight is 406 g/mol. The van der Waals surface area contributed by atoms with Gasteiger partial charge < -0.3 is 30.2 Å². The Labute approximate surface area is 171 Å². The first-order valence-electron chi connectivity index (χ1n) is 10.1. The van der Waals surface area contributed by atoms with Crippen molar-refractivity contribution < 1.29 is 24.3 Å². The van der Waals surface area contributed by atoms with E-state index in [9.17, 15) is 9.90 Å². The van der Waals surface area contributed by atoms with Crippen molar-refractivity contribution >= 4 is 24.4 Å². The predicted molar refractivity (Wildman–Crippen MR) is 109 cm³/mol. The quantitative estimate of drug-likeness (QED) is 0.486. The van der Waals surface area contributed by atoms with Gasteiger partial charge in [-0.1, -0.05) is 0 Å². The van der Waals surface area contributed by atoms with Crippen LogP contribution in [0, 0.1) is 0 Å². The third kappa shape index (κ3) is 5.06. The summed E-state index contributed by atoms with van der Waals surface area (Å²) in [6, 6.07) is 0.224. The van der Waals surface area contributed by atoms with E-state index in [2.05, 4.69) is 20.6 Å². The van der Waals surface area contributed by atoms with Gasteiger partial charge in [-0.3, -0.25) is 4.79 Å². The zero-order valence-corrected chi connectivity index (χ0v) is 17.5. The summed E-state index contributed by atoms with van der Waals surface area (Å²) in [6.45, 7) is 7.46. The van der Waals surface area contributed by atoms with Gasteiger partial charge in [0.15, 0.2) is 6.10 Å². The molecular formula is C19H31BN4O5. The second-order valence-electron chi connectivity index (χ2n) is 8.83. The average Bonchev–Trinajstić information content (AvgIpc) is 2.90. The molecule has 160 valence electrons. The summed E-state index contributed by atoms with van der Waals surface area (Å²) in [5.41, 5.74) is -0.0331. The number of aromatic nitrogens is 2. The molecule has 0 aromatic carbocycles. The van der Waals surface area contributed by atoms with Gasteiger partial charge in [-0.25, -0.2) is 9.97 Å². The SMILES string of the molecule is CC1(C)OB(c2cnc(NC3CCC(NC(=O)[C@H](O)CO)CC3)nc2)OC1(C)C. The molecule has 1 aliphatic carbocycles. The van der Waals surface area contributed by atoms with Crippen molar-refractivity contribution in [2.75, 3.05) is 11.9 Å². The van der Waals surface area contributed by atoms with E-state index < -0.39 is 36.9 Å². The lowest BCUT2D eigenvalue weighted by Crippen LogP contribution is -2.45. The first-order valence-corrected chi connectivity index (χ1v) is 10.1. The van der Waals surface area contributed by atoms with E-state index in [0.29, 0.717) is 5.95 Å². The van der Waals surface area contributed by atoms with Crippen LogP contribution in [0.3, 0.4) is 0 Å². The molecule has 1 saturated heterocycles. The molecule has 1 amide bonds. The highest BCUT2D eigenvalue weighted by Crippen LogP contribution is 2.36. The van der Waals surface area contributed by atoms with Crippen molar-refractivity contribution in [1.29, 1.82) is 0 Å². The number of amides is 1. The van der Waals surface area contributed by atoms with Crippen LogP contribution in [-0.2, 0) is 14.1 Å². The highest BCUT2D eigenvalue weighted by molar-refractivity contribution is 6.61. The first-order chi connectivity index (χ1) is 13.6. The summed E-state index contributed by atoms with van der Waals surface area (Å²) in [7, 11) is -0.484. The predicted octanol–water partition coefficient (Wildman–Crippen LogP) is -0.0317. The maximum Gasteiger partial charge on any atom is 0.498 e. The molecule has 4 N–H and O–H groups in total. The van der Waals surface area contributed by atoms with Gasteiger partial charge in [-0.15, -0.1) is 0 Å². The summed E-state index contributed by atoms with van der Waals surface area (Å²) in [4.78, 5) is 20.5. The van der Waals surface area contributed by atoms with Gasteiger partial charge >= 0.3 is 7.12 Å². The fourth-order valence-corrected chi connectivity index (χ4v) is 3.46. The fraction of sp³-hybridized carbons (Fsp3) is 0.737. The molecule has 2 fully saturated rings. The highest BCUT2D eigenvalue weighted by atomic mass is 16.7. The third-order valence-corrected chi connectivity index (χ3v) is 6.08. The van der Waals surface area contributed by atoms with Crippen LogP contribution in [0.5, 0.6) is 0 Å². The Balaban J connectivity index is 1.48. The first kappa shape index (κ1) is 22.0. The third-order valence-electron chi connectivity index (χ3n) is 6.08. The second-order valence-corrected chi connectivity index (χ2v) is 8.83. The van der Waals surface area contributed by atoms with E-state index in [1.807, 2.05) is 27.7 Å². The van der Waals surface area contributed by atoms with Crippen LogP contribution < -0.4 is 16.1 Å². The number of anilines is 1. The molecule has 0 unspecified atom stereocenters. The number of rotatable bonds is 6. The van der Waals surface area contributed by atoms with Gasteiger partial charge in [0.25, 0.3) is 5.91 Å². The Bertz CT molecular complexity index is 691. The van der Waals surface area contributed by atoms with Crippen LogP contribution in [0.1, 0.15) is 53.4 Å². The van der Waals surface area contributed by atoms with Crippen LogP contribution in [-0.4, -0.2) is 69.2 Å². The van der Waals surface area contributed by atoms with Crippen molar-refractivity contribution in [1.82, 2.24) is 15.3 Å². The van der Waals surface area contributed by atoms with Gasteiger partial charge in [-0.2, -0.15) is 0 Å². The standard InChI is InChI=1S/C19H31BN4O5/c1-18(2)19(3,4)29-20(28-18)12-9-21-17(22-10-12)24-14-7-5-13(6-8-14)23-16(27)15(26)11-25/h9-10,13-15,25-26H,5-8,11H2,1-4H3,(H,23,27)(H,21,22,24)/t13?,14?,15-/m1/s1. The summed E-state index contributed by atoms with van der Waals surface area (Å²) in [5.74, 6) is 0.0268. The molecule has 0 spiro atoms. The summed E-state index contributed by atoms with van der Waals surface area (Å²) >= 11 is 0. The molecule has 2 aliphatic rings. The van der Waals surface area contributed by atoms with Crippen molar-refractivity contribution in [3.8, 4) is 0 Å². The van der Waals surface area contributed by atoms with E-state index in [4.69, 9.17) is 14.4 Å². The number of hydrogen-bond acceptors (Lipinski definition) is 8. The number of nitrogens with zero attached hydrogens (tertiary/aromatic N) is 2. The Kier molecular flexibility index (Phi) is 6.47. The van der Waals surface area contributed by atoms with Gasteiger partial charge in [-0.05, 0) is 53.4 Å². The van der Waals surface area contributed by atoms with Gasteiger partial charge in [0.05, 0.1) is 17.8 Å². The Hall–Kier alpha value is -1.75. The van der Waals surface area contributed by atoms with E-state index >= 15 is 0 Å². The maximum absolute atomic E-state index is 11.7. The zero-order valence-electron chi connectivity index (χ0n) is 17.5. The van der Waals surface area contributed by atoms with E-state index in [0.717, 1.165) is 31.1 Å². The molecule has 1 aromatic rings. The number of aliphatic hydroxyl groups excluding tert-OH is 2. The lowest BCUT2D eigenvalue weighted by molar-refractivity contribution is -0.132. The van der Waals surface area contributed by atoms with Crippen molar-refractivity contribution in [3.63, 3.8) is 0 Å². The molecule has 0 radical (unpaired) electrons. The fourth-order valence-electron chi connectivity index (χ4n) is 3.46. The van der Waals surface area contributed by atoms with Crippen LogP contribution in [0.15, 0.2) is 12.4 Å². The topological polar surface area (TPSA) is 126 Å². The van der Waals surface area contributed by atoms with Crippen LogP contribution in [0.25, 0.3) is 0 Å². The molecule has 1 saturated carbocycles. The van der Waals surface area contributed by atoms with E-state index in [1.54, 1.807) is 12.4 Å². The van der Waals surface area contributed by atoms with Gasteiger partial charge in [0, 0.05) is 29.9 Å². The molecular weight excluding hydrogens is 375 g/mol. The minimum absolute atomic E-state index is 0.00779. The van der Waals surface area contributed by atoms with Crippen molar-refractivity contribution in [2.24, 2.45) is 0 Å². The summed E-state index contributed by atoms with van der Waals surface area (Å²) in [6.07, 6.45) is 5.35. The molecule has 1 aromatic heterocycles. The molecule has 10 heteroatoms. The minimum Gasteiger partial charge on any atom is -0.399 e. The summed E-state index contributed by atoms with van der Waals surface area (Å²) < 4.78 is 12.0. The van der Waals surface area contributed by atoms with E-state index in [1.165, 1.54) is 0 Å². The monoisotopic (exact) mass is 406 g/mol. The Morgan fingerprint density at radius 1 is 1.14 bits per heavy atom. The lowest BCUT2D eigenvalue weighted by atomic mass is 9.81. The molecule has 0 bridgehead atoms. The number of nitrogens with one attached hydrogen (secondary N) is 2. The molecule has 1 atom stereocenters. The highest BCUT2D eigenvalue weighted by Gasteiger charge is 2.51.